The number of anilines is 2. The Labute approximate surface area is 124 Å². The second-order valence-corrected chi connectivity index (χ2v) is 4.94. The lowest BCUT2D eigenvalue weighted by Crippen LogP contribution is -2.14. The van der Waals surface area contributed by atoms with Gasteiger partial charge in [-0.05, 0) is 68.3 Å². The number of nitrogens with two attached hydrogens (primary N) is 1. The summed E-state index contributed by atoms with van der Waals surface area (Å²) in [5.41, 5.74) is 9.79. The molecule has 2 aromatic carbocycles. The molecule has 3 N–H and O–H groups in total. The minimum Gasteiger partial charge on any atom is -0.494 e. The molecule has 0 aliphatic carbocycles. The van der Waals surface area contributed by atoms with Crippen LogP contribution in [-0.2, 0) is 0 Å². The third kappa shape index (κ3) is 3.54. The molecule has 0 saturated carbocycles. The van der Waals surface area contributed by atoms with E-state index in [1.165, 1.54) is 0 Å². The third-order valence-corrected chi connectivity index (χ3v) is 3.22. The molecule has 0 spiro atoms. The van der Waals surface area contributed by atoms with Crippen LogP contribution in [0.2, 0.25) is 0 Å². The summed E-state index contributed by atoms with van der Waals surface area (Å²) in [7, 11) is 0. The zero-order valence-electron chi connectivity index (χ0n) is 12.6. The maximum atomic E-state index is 12.3. The molecular weight excluding hydrogens is 264 g/mol. The maximum absolute atomic E-state index is 12.3. The van der Waals surface area contributed by atoms with Crippen molar-refractivity contribution in [2.45, 2.75) is 20.8 Å². The van der Waals surface area contributed by atoms with Crippen molar-refractivity contribution < 1.29 is 9.53 Å². The Morgan fingerprint density at radius 3 is 2.24 bits per heavy atom. The van der Waals surface area contributed by atoms with Crippen LogP contribution in [-0.4, -0.2) is 12.5 Å². The maximum Gasteiger partial charge on any atom is 0.255 e. The van der Waals surface area contributed by atoms with Crippen LogP contribution in [0.4, 0.5) is 11.4 Å². The number of carbonyl (C=O) groups excluding carboxylic acids is 1. The van der Waals surface area contributed by atoms with Crippen molar-refractivity contribution in [3.63, 3.8) is 0 Å². The average molecular weight is 284 g/mol. The van der Waals surface area contributed by atoms with Gasteiger partial charge in [0, 0.05) is 16.9 Å². The molecule has 0 fully saturated rings. The minimum atomic E-state index is -0.144. The number of aryl methyl sites for hydroxylation is 2. The van der Waals surface area contributed by atoms with Crippen LogP contribution in [0.1, 0.15) is 28.4 Å². The number of amides is 1. The molecule has 2 rings (SSSR count). The zero-order chi connectivity index (χ0) is 15.4. The van der Waals surface area contributed by atoms with Crippen LogP contribution in [0.15, 0.2) is 36.4 Å². The largest absolute Gasteiger partial charge is 0.494 e. The molecule has 2 aromatic rings. The fourth-order valence-corrected chi connectivity index (χ4v) is 2.25. The molecule has 4 nitrogen and oxygen atoms in total. The molecule has 4 heteroatoms. The first kappa shape index (κ1) is 14.9. The van der Waals surface area contributed by atoms with E-state index in [0.29, 0.717) is 17.9 Å². The monoisotopic (exact) mass is 284 g/mol. The van der Waals surface area contributed by atoms with Crippen LogP contribution in [0.5, 0.6) is 5.75 Å². The van der Waals surface area contributed by atoms with E-state index in [-0.39, 0.29) is 5.91 Å². The summed E-state index contributed by atoms with van der Waals surface area (Å²) in [6, 6.07) is 10.8. The Balaban J connectivity index is 2.18. The lowest BCUT2D eigenvalue weighted by Gasteiger charge is -2.13. The number of hydrogen-bond donors (Lipinski definition) is 2. The predicted molar refractivity (Wildman–Crippen MR) is 85.9 cm³/mol. The van der Waals surface area contributed by atoms with Gasteiger partial charge in [-0.2, -0.15) is 0 Å². The molecule has 0 aliphatic rings. The Morgan fingerprint density at radius 1 is 1.14 bits per heavy atom. The summed E-state index contributed by atoms with van der Waals surface area (Å²) in [5.74, 6) is 0.614. The van der Waals surface area contributed by atoms with Crippen molar-refractivity contribution in [3.8, 4) is 5.75 Å². The molecule has 0 saturated heterocycles. The molecule has 0 aromatic heterocycles. The number of benzene rings is 2. The molecule has 0 bridgehead atoms. The van der Waals surface area contributed by atoms with Crippen LogP contribution in [0, 0.1) is 13.8 Å². The summed E-state index contributed by atoms with van der Waals surface area (Å²) in [4.78, 5) is 12.3. The first-order valence-corrected chi connectivity index (χ1v) is 6.92. The standard InChI is InChI=1S/C17H20N2O2/c1-4-21-15-7-5-13(6-8-15)17(20)19-16-11(2)9-14(18)10-12(16)3/h5-10H,4,18H2,1-3H3,(H,19,20). The summed E-state index contributed by atoms with van der Waals surface area (Å²) in [6.45, 7) is 6.39. The third-order valence-electron chi connectivity index (χ3n) is 3.22. The lowest BCUT2D eigenvalue weighted by atomic mass is 10.1. The number of nitrogens with one attached hydrogen (secondary N) is 1. The average Bonchev–Trinajstić information content (AvgIpc) is 2.43. The van der Waals surface area contributed by atoms with E-state index in [0.717, 1.165) is 22.6 Å². The highest BCUT2D eigenvalue weighted by molar-refractivity contribution is 6.05. The van der Waals surface area contributed by atoms with Crippen molar-refractivity contribution in [1.29, 1.82) is 0 Å². The summed E-state index contributed by atoms with van der Waals surface area (Å²) < 4.78 is 5.36. The first-order chi connectivity index (χ1) is 10.0. The second kappa shape index (κ2) is 6.31. The van der Waals surface area contributed by atoms with Crippen LogP contribution < -0.4 is 15.8 Å². The van der Waals surface area contributed by atoms with Gasteiger partial charge in [-0.1, -0.05) is 0 Å². The van der Waals surface area contributed by atoms with E-state index >= 15 is 0 Å². The van der Waals surface area contributed by atoms with Gasteiger partial charge in [-0.3, -0.25) is 4.79 Å². The van der Waals surface area contributed by atoms with E-state index in [4.69, 9.17) is 10.5 Å². The van der Waals surface area contributed by atoms with E-state index in [2.05, 4.69) is 5.32 Å². The van der Waals surface area contributed by atoms with Gasteiger partial charge in [0.15, 0.2) is 0 Å². The molecule has 0 heterocycles. The Morgan fingerprint density at radius 2 is 1.71 bits per heavy atom. The molecule has 110 valence electrons. The lowest BCUT2D eigenvalue weighted by molar-refractivity contribution is 0.102. The quantitative estimate of drug-likeness (QED) is 0.844. The fraction of sp³-hybridized carbons (Fsp3) is 0.235. The molecule has 0 aliphatic heterocycles. The van der Waals surface area contributed by atoms with E-state index < -0.39 is 0 Å². The van der Waals surface area contributed by atoms with Crippen molar-refractivity contribution >= 4 is 17.3 Å². The molecule has 0 radical (unpaired) electrons. The van der Waals surface area contributed by atoms with Crippen LogP contribution >= 0.6 is 0 Å². The molecule has 21 heavy (non-hydrogen) atoms. The normalized spacial score (nSPS) is 10.2. The van der Waals surface area contributed by atoms with Crippen molar-refractivity contribution in [2.75, 3.05) is 17.7 Å². The van der Waals surface area contributed by atoms with Crippen LogP contribution in [0.25, 0.3) is 0 Å². The SMILES string of the molecule is CCOc1ccc(C(=O)Nc2c(C)cc(N)cc2C)cc1. The van der Waals surface area contributed by atoms with Crippen molar-refractivity contribution in [3.05, 3.63) is 53.1 Å². The Bertz CT molecular complexity index is 625. The molecule has 0 atom stereocenters. The zero-order valence-corrected chi connectivity index (χ0v) is 12.6. The Kier molecular flexibility index (Phi) is 4.48. The summed E-state index contributed by atoms with van der Waals surface area (Å²) in [5, 5.41) is 2.94. The molecule has 1 amide bonds. The second-order valence-electron chi connectivity index (χ2n) is 4.94. The van der Waals surface area contributed by atoms with E-state index in [1.54, 1.807) is 24.3 Å². The number of ether oxygens (including phenoxy) is 1. The first-order valence-electron chi connectivity index (χ1n) is 6.92. The summed E-state index contributed by atoms with van der Waals surface area (Å²) >= 11 is 0. The van der Waals surface area contributed by atoms with Crippen molar-refractivity contribution in [1.82, 2.24) is 0 Å². The van der Waals surface area contributed by atoms with Gasteiger partial charge in [0.05, 0.1) is 6.61 Å². The summed E-state index contributed by atoms with van der Waals surface area (Å²) in [6.07, 6.45) is 0. The van der Waals surface area contributed by atoms with Gasteiger partial charge in [0.1, 0.15) is 5.75 Å². The minimum absolute atomic E-state index is 0.144. The van der Waals surface area contributed by atoms with Gasteiger partial charge < -0.3 is 15.8 Å². The van der Waals surface area contributed by atoms with Gasteiger partial charge in [0.25, 0.3) is 5.91 Å². The Hall–Kier alpha value is -2.49. The highest BCUT2D eigenvalue weighted by Crippen LogP contribution is 2.24. The smallest absolute Gasteiger partial charge is 0.255 e. The fourth-order valence-electron chi connectivity index (χ4n) is 2.25. The van der Waals surface area contributed by atoms with Gasteiger partial charge >= 0.3 is 0 Å². The number of nitrogen functional groups attached to an aromatic ring is 1. The number of rotatable bonds is 4. The number of hydrogen-bond acceptors (Lipinski definition) is 3. The highest BCUT2D eigenvalue weighted by Gasteiger charge is 2.10. The van der Waals surface area contributed by atoms with Gasteiger partial charge in [-0.15, -0.1) is 0 Å². The molecule has 0 unspecified atom stereocenters. The predicted octanol–water partition coefficient (Wildman–Crippen LogP) is 3.54. The molecular formula is C17H20N2O2. The van der Waals surface area contributed by atoms with Gasteiger partial charge in [-0.25, -0.2) is 0 Å². The van der Waals surface area contributed by atoms with Crippen LogP contribution in [0.3, 0.4) is 0 Å². The number of carbonyl (C=O) groups is 1. The van der Waals surface area contributed by atoms with E-state index in [1.807, 2.05) is 32.9 Å². The van der Waals surface area contributed by atoms with Crippen molar-refractivity contribution in [2.24, 2.45) is 0 Å². The highest BCUT2D eigenvalue weighted by atomic mass is 16.5. The van der Waals surface area contributed by atoms with Gasteiger partial charge in [0.2, 0.25) is 0 Å². The van der Waals surface area contributed by atoms with E-state index in [9.17, 15) is 4.79 Å². The topological polar surface area (TPSA) is 64.3 Å².